The molecule has 0 saturated carbocycles. The van der Waals surface area contributed by atoms with Crippen LogP contribution in [-0.2, 0) is 34.2 Å². The van der Waals surface area contributed by atoms with E-state index < -0.39 is 37.8 Å². The van der Waals surface area contributed by atoms with Gasteiger partial charge in [-0.25, -0.2) is 25.9 Å². The number of sulfone groups is 1. The first-order valence-electron chi connectivity index (χ1n) is 30.8. The van der Waals surface area contributed by atoms with Crippen LogP contribution >= 0.6 is 58.0 Å². The number of anilines is 2. The fourth-order valence-corrected chi connectivity index (χ4v) is 14.7. The van der Waals surface area contributed by atoms with Crippen molar-refractivity contribution in [2.24, 2.45) is 17.8 Å². The summed E-state index contributed by atoms with van der Waals surface area (Å²) in [5.41, 5.74) is 9.76. The number of piperidine rings is 1. The molecule has 9 N–H and O–H groups in total. The number of sulfonamides is 1. The molecular weight excluding hydrogens is 1410 g/mol. The topological polar surface area (TPSA) is 326 Å². The molecule has 5 aromatic heterocycles. The van der Waals surface area contributed by atoms with Crippen molar-refractivity contribution in [1.82, 2.24) is 61.0 Å². The molecule has 23 nitrogen and oxygen atoms in total. The summed E-state index contributed by atoms with van der Waals surface area (Å²) in [6.07, 6.45) is 13.1. The molecule has 0 aliphatic carbocycles. The average Bonchev–Trinajstić information content (AvgIpc) is 1.55. The summed E-state index contributed by atoms with van der Waals surface area (Å²) >= 11 is 30.4. The zero-order valence-electron chi connectivity index (χ0n) is 52.8. The van der Waals surface area contributed by atoms with Crippen molar-refractivity contribution in [1.29, 1.82) is 0 Å². The quantitative estimate of drug-likeness (QED) is 0.0581. The Hall–Kier alpha value is -8.41. The van der Waals surface area contributed by atoms with Crippen LogP contribution in [0.5, 0.6) is 0 Å². The zero-order valence-corrected chi connectivity index (χ0v) is 58.2. The van der Waals surface area contributed by atoms with Gasteiger partial charge in [-0.15, -0.1) is 0 Å². The second kappa shape index (κ2) is 30.8. The number of benzene rings is 7. The molecule has 0 bridgehead atoms. The van der Waals surface area contributed by atoms with Crippen molar-refractivity contribution >= 4 is 156 Å². The van der Waals surface area contributed by atoms with Crippen LogP contribution in [0.4, 0.5) is 15.8 Å². The Kier molecular flexibility index (Phi) is 22.3. The van der Waals surface area contributed by atoms with Gasteiger partial charge >= 0.3 is 5.97 Å². The van der Waals surface area contributed by atoms with Gasteiger partial charge in [0.1, 0.15) is 5.82 Å². The maximum Gasteiger partial charge on any atom is 0.306 e. The normalized spacial score (nSPS) is 15.6. The molecule has 98 heavy (non-hydrogen) atoms. The van der Waals surface area contributed by atoms with E-state index in [2.05, 4.69) is 70.8 Å². The summed E-state index contributed by atoms with van der Waals surface area (Å²) in [7, 11) is -3.82. The fraction of sp³-hybridized carbons (Fsp3) is 0.269. The molecule has 12 aromatic rings. The van der Waals surface area contributed by atoms with E-state index in [9.17, 15) is 35.9 Å². The highest BCUT2D eigenvalue weighted by Gasteiger charge is 2.30. The van der Waals surface area contributed by atoms with E-state index >= 15 is 0 Å². The van der Waals surface area contributed by atoms with E-state index in [4.69, 9.17) is 67.8 Å². The zero-order chi connectivity index (χ0) is 69.6. The number of carboxylic acids is 1. The average molecular weight is 1470 g/mol. The Balaban J connectivity index is 0.000000124. The number of halogens is 6. The number of nitrogens with zero attached hydrogens (tertiary/aromatic N) is 7. The Labute approximate surface area is 586 Å². The van der Waals surface area contributed by atoms with Crippen molar-refractivity contribution in [3.8, 4) is 22.3 Å². The van der Waals surface area contributed by atoms with Crippen molar-refractivity contribution in [2.75, 3.05) is 69.5 Å². The summed E-state index contributed by atoms with van der Waals surface area (Å²) in [5, 5.41) is 64.3. The first-order valence-corrected chi connectivity index (χ1v) is 36.1. The van der Waals surface area contributed by atoms with Crippen molar-refractivity contribution in [3.63, 3.8) is 0 Å². The number of aliphatic hydroxyl groups excluding tert-OH is 1. The molecular formula is C67H66Cl5FN14O9S2. The summed E-state index contributed by atoms with van der Waals surface area (Å²) in [4.78, 5) is 27.2. The summed E-state index contributed by atoms with van der Waals surface area (Å²) in [5.74, 6) is -1.16. The molecule has 7 aromatic carbocycles. The Morgan fingerprint density at radius 2 is 0.990 bits per heavy atom. The van der Waals surface area contributed by atoms with Crippen LogP contribution < -0.4 is 19.8 Å². The smallest absolute Gasteiger partial charge is 0.306 e. The Morgan fingerprint density at radius 3 is 1.50 bits per heavy atom. The number of carboxylic acid groups (broad SMARTS) is 1. The standard InChI is InChI=1S/C14H10ClFN2O2S.C14H12ClN3O2S.C13H15ClN4O.C13H14ClN3O2.C13H15ClN2O2/c1-21(19,20)9-2-3-10(13(16)6-9)11-4-8(15)5-14-12(11)7-17-18-14;1-16-21(19,20)11-4-2-9(3-5-11)12-6-10(15)7-14-13(12)8-17-18-14;1-15-13(19)8-2-3-18(7-8)12-5-9(14)4-11-10(12)6-16-17-11;14-9-5-11-10(7-15-16-11)12(6-9)17-3-1-8(2-4-17)13(18)19;14-9-5-10(11-7-15-16-12(11)6-9)13(17)8-1-3-18-4-2-8/h2-7H,1H3,(H,17,18);2-8,16H,1H3,(H,17,18);4-6,8H,2-3,7H2,1H3,(H,15,19)(H,16,17);5-8H,1-4H2,(H,15,16)(H,18,19);5-8,13,17H,1-4H2,(H,15,16). The third-order valence-electron chi connectivity index (χ3n) is 17.4. The lowest BCUT2D eigenvalue weighted by Crippen LogP contribution is -2.36. The van der Waals surface area contributed by atoms with Crippen LogP contribution in [0, 0.1) is 23.6 Å². The highest BCUT2D eigenvalue weighted by molar-refractivity contribution is 7.90. The number of carbonyl (C=O) groups excluding carboxylic acids is 1. The largest absolute Gasteiger partial charge is 0.481 e. The number of aliphatic hydroxyl groups is 1. The number of amides is 1. The number of fused-ring (bicyclic) bond motifs is 5. The minimum absolute atomic E-state index is 0.0472. The van der Waals surface area contributed by atoms with Gasteiger partial charge in [0.15, 0.2) is 9.84 Å². The number of aliphatic carboxylic acids is 1. The number of hydrogen-bond donors (Lipinski definition) is 9. The van der Waals surface area contributed by atoms with Gasteiger partial charge in [-0.2, -0.15) is 25.5 Å². The molecule has 15 rings (SSSR count). The lowest BCUT2D eigenvalue weighted by atomic mass is 9.88. The number of nitrogens with one attached hydrogen (secondary N) is 7. The Morgan fingerprint density at radius 1 is 0.551 bits per heavy atom. The van der Waals surface area contributed by atoms with E-state index in [1.165, 1.54) is 19.2 Å². The van der Waals surface area contributed by atoms with E-state index in [-0.39, 0.29) is 39.0 Å². The Bertz CT molecular complexity index is 5100. The number of hydrogen-bond acceptors (Lipinski definition) is 15. The first kappa shape index (κ1) is 70.9. The number of ether oxygens (including phenoxy) is 1. The minimum Gasteiger partial charge on any atom is -0.481 e. The SMILES string of the molecule is CNC(=O)C1CCN(c2cc(Cl)cc3[nH]ncc23)C1.CNS(=O)(=O)c1ccc(-c2cc(Cl)cc3[nH]ncc23)cc1.CS(=O)(=O)c1ccc(-c2cc(Cl)cc3[nH]ncc23)c(F)c1.O=C(O)C1CCN(c2cc(Cl)cc3[nH]ncc23)CC1.OC(c1cc(Cl)cc2[nH]ncc12)C1CCOCC1. The second-order valence-electron chi connectivity index (χ2n) is 23.6. The van der Waals surface area contributed by atoms with Crippen molar-refractivity contribution in [2.45, 2.75) is 48.0 Å². The third kappa shape index (κ3) is 16.3. The predicted octanol–water partition coefficient (Wildman–Crippen LogP) is 13.2. The number of aromatic amines is 5. The van der Waals surface area contributed by atoms with Gasteiger partial charge in [-0.1, -0.05) is 76.2 Å². The number of rotatable bonds is 11. The van der Waals surface area contributed by atoms with Crippen molar-refractivity contribution < 1.29 is 45.8 Å². The van der Waals surface area contributed by atoms with Crippen LogP contribution in [0.1, 0.15) is 43.8 Å². The molecule has 0 spiro atoms. The molecule has 2 unspecified atom stereocenters. The highest BCUT2D eigenvalue weighted by Crippen LogP contribution is 2.39. The number of H-pyrrole nitrogens is 5. The van der Waals surface area contributed by atoms with Gasteiger partial charge in [0.25, 0.3) is 0 Å². The maximum atomic E-state index is 14.3. The summed E-state index contributed by atoms with van der Waals surface area (Å²) in [6, 6.07) is 28.6. The maximum absolute atomic E-state index is 14.3. The fourth-order valence-electron chi connectivity index (χ4n) is 12.2. The molecule has 8 heterocycles. The summed E-state index contributed by atoms with van der Waals surface area (Å²) < 4.78 is 68.3. The number of carbonyl (C=O) groups is 2. The van der Waals surface area contributed by atoms with Gasteiger partial charge < -0.3 is 30.1 Å². The molecule has 3 aliphatic heterocycles. The van der Waals surface area contributed by atoms with Crippen LogP contribution in [0.25, 0.3) is 76.8 Å². The van der Waals surface area contributed by atoms with E-state index in [1.54, 1.807) is 80.5 Å². The molecule has 31 heteroatoms. The van der Waals surface area contributed by atoms with Gasteiger partial charge in [-0.3, -0.25) is 35.1 Å². The molecule has 3 aliphatic rings. The molecule has 1 amide bonds. The van der Waals surface area contributed by atoms with Crippen LogP contribution in [0.2, 0.25) is 25.1 Å². The molecule has 512 valence electrons. The lowest BCUT2D eigenvalue weighted by molar-refractivity contribution is -0.142. The van der Waals surface area contributed by atoms with Crippen LogP contribution in [0.15, 0.2) is 144 Å². The first-order chi connectivity index (χ1) is 47.0. The molecule has 3 saturated heterocycles. The van der Waals surface area contributed by atoms with E-state index in [1.807, 2.05) is 42.5 Å². The van der Waals surface area contributed by atoms with E-state index in [0.717, 1.165) is 143 Å². The van der Waals surface area contributed by atoms with Crippen LogP contribution in [-0.4, -0.2) is 150 Å². The van der Waals surface area contributed by atoms with Gasteiger partial charge in [0.05, 0.1) is 86.3 Å². The van der Waals surface area contributed by atoms with Gasteiger partial charge in [0, 0.05) is 122 Å². The molecule has 2 atom stereocenters. The van der Waals surface area contributed by atoms with E-state index in [0.29, 0.717) is 54.4 Å². The van der Waals surface area contributed by atoms with Crippen LogP contribution in [0.3, 0.4) is 0 Å². The third-order valence-corrected chi connectivity index (χ3v) is 21.0. The summed E-state index contributed by atoms with van der Waals surface area (Å²) in [6.45, 7) is 4.49. The highest BCUT2D eigenvalue weighted by atomic mass is 35.5. The predicted molar refractivity (Wildman–Crippen MR) is 381 cm³/mol. The van der Waals surface area contributed by atoms with Gasteiger partial charge in [-0.05, 0) is 152 Å². The van der Waals surface area contributed by atoms with Crippen molar-refractivity contribution in [3.05, 3.63) is 171 Å². The molecule has 0 radical (unpaired) electrons. The monoisotopic (exact) mass is 1470 g/mol. The minimum atomic E-state index is -3.45. The molecule has 3 fully saturated rings. The second-order valence-corrected chi connectivity index (χ2v) is 29.7. The van der Waals surface area contributed by atoms with Gasteiger partial charge in [0.2, 0.25) is 15.9 Å². The lowest BCUT2D eigenvalue weighted by Gasteiger charge is -2.32. The number of aromatic nitrogens is 10.